The van der Waals surface area contributed by atoms with Crippen LogP contribution in [0.5, 0.6) is 0 Å². The zero-order valence-corrected chi connectivity index (χ0v) is 58.2. The van der Waals surface area contributed by atoms with Gasteiger partial charge in [-0.05, 0) is 39.7 Å². The topological polar surface area (TPSA) is 691 Å². The molecule has 2 saturated heterocycles. The second kappa shape index (κ2) is 36.6. The molecule has 4 aromatic rings. The van der Waals surface area contributed by atoms with Crippen molar-refractivity contribution < 1.29 is 119 Å². The molecule has 564 valence electrons. The van der Waals surface area contributed by atoms with Crippen LogP contribution in [0.1, 0.15) is 88.8 Å². The Labute approximate surface area is 585 Å². The van der Waals surface area contributed by atoms with Crippen molar-refractivity contribution in [1.82, 2.24) is 61.8 Å². The van der Waals surface area contributed by atoms with Gasteiger partial charge >= 0.3 is 16.5 Å². The van der Waals surface area contributed by atoms with E-state index in [1.165, 1.54) is 44.4 Å². The number of hydrogen-bond acceptors (Lipinski definition) is 34. The molecule has 42 nitrogen and oxygen atoms in total. The van der Waals surface area contributed by atoms with Crippen LogP contribution in [-0.4, -0.2) is 280 Å². The number of rotatable bonds is 37. The number of aliphatic hydroxyl groups is 8. The number of nitrogens with two attached hydrogens (primary N) is 5. The van der Waals surface area contributed by atoms with E-state index in [4.69, 9.17) is 60.5 Å². The molecule has 46 heteroatoms. The Hall–Kier alpha value is -7.43. The predicted molar refractivity (Wildman–Crippen MR) is 352 cm³/mol. The van der Waals surface area contributed by atoms with Crippen LogP contribution in [0, 0.1) is 12.8 Å². The first-order chi connectivity index (χ1) is 47.3. The lowest BCUT2D eigenvalue weighted by Crippen LogP contribution is -2.65. The summed E-state index contributed by atoms with van der Waals surface area (Å²) in [6.07, 6.45) is -22.0. The van der Waals surface area contributed by atoms with Gasteiger partial charge in [-0.1, -0.05) is 6.92 Å². The van der Waals surface area contributed by atoms with Gasteiger partial charge in [0.1, 0.15) is 94.6 Å². The molecular formula is C55H85N17O25S4. The summed E-state index contributed by atoms with van der Waals surface area (Å²) in [5.74, 6) is -8.82. The monoisotopic (exact) mass is 1510 g/mol. The number of nitrogens with one attached hydrogen (secondary N) is 7. The Morgan fingerprint density at radius 2 is 1.46 bits per heavy atom. The highest BCUT2D eigenvalue weighted by Gasteiger charge is 2.54. The average Bonchev–Trinajstić information content (AvgIpc) is 1.77. The first kappa shape index (κ1) is 82.5. The molecule has 0 saturated carbocycles. The number of carbonyl (C=O) groups excluding carboxylic acids is 8. The van der Waals surface area contributed by atoms with Crippen molar-refractivity contribution in [3.05, 3.63) is 56.8 Å². The second-order valence-corrected chi connectivity index (χ2v) is 30.2. The third kappa shape index (κ3) is 22.8. The van der Waals surface area contributed by atoms with E-state index in [1.54, 1.807) is 17.9 Å². The number of hydrogen-bond donors (Lipinski definition) is 21. The van der Waals surface area contributed by atoms with Gasteiger partial charge in [-0.2, -0.15) is 12.0 Å². The molecule has 4 aromatic heterocycles. The summed E-state index contributed by atoms with van der Waals surface area (Å²) in [6, 6.07) is -7.97. The van der Waals surface area contributed by atoms with E-state index in [0.29, 0.717) is 22.1 Å². The number of aromatic amines is 1. The van der Waals surface area contributed by atoms with E-state index in [-0.39, 0.29) is 60.4 Å². The number of aliphatic hydroxyl groups excluding tert-OH is 8. The van der Waals surface area contributed by atoms with Gasteiger partial charge in [0.15, 0.2) is 18.7 Å². The summed E-state index contributed by atoms with van der Waals surface area (Å²) in [7, 11) is -6.81. The minimum absolute atomic E-state index is 0.0637. The standard InChI is InChI=1S/C55H85N17O25S4/c1-20-33(69-46(72-44(20)58)25(12-31(57)76)64-13-24(56)45(59)82)50(86)71-35(41(26-14-61-19-65-26)94-54-43(39(80)37(78)29(15-73)93-54)95-53-40(81)42(96-55(60)88)38(79)30(16-74)92-53)51(87)66-22(3)36(77)21(2)47(83)70-34(23(4)75)49(85)63-10-8-32-67-28(18-98-32)52-68-27(17-99-52)48(84)62-9-7-11-100(5,6)97-101(89,90)91/h14,17-19,21-25,29-30,34-43,53-54,64,73-75,77-81H,7-13,15-16,56H2,1-6H3,(H2,57,76)(H2,59,82)(H2,60,88)(H,61,65)(H,62,84)(H,63,85)(H,66,87)(H,70,83)(H,71,86)(H2,58,69,72)(H,89,90,91). The molecule has 2 aliphatic rings. The van der Waals surface area contributed by atoms with E-state index in [0.717, 1.165) is 23.9 Å². The van der Waals surface area contributed by atoms with Gasteiger partial charge in [-0.25, -0.2) is 29.7 Å². The van der Waals surface area contributed by atoms with Crippen molar-refractivity contribution in [2.24, 2.45) is 28.9 Å². The van der Waals surface area contributed by atoms with E-state index in [9.17, 15) is 82.8 Å². The fraction of sp³-hybridized carbons (Fsp3) is 0.618. The van der Waals surface area contributed by atoms with Crippen molar-refractivity contribution in [2.75, 3.05) is 56.8 Å². The Morgan fingerprint density at radius 3 is 2.07 bits per heavy atom. The SMILES string of the molecule is Cc1c(N)nc(C(CC(N)=O)NCC(N)C(N)=O)nc1C(=O)NC(C(=O)NC(C)C(O)C(C)C(=O)NC(C(=O)NCCc1nc(-c2nc(C(=O)NCCCS(C)(C)OS(=O)(=O)O)cs2)cs1)C(C)O)C(OC1OC(CO)C(O)C(O)C1OC1OC(CO)C(O)C(OC(N)=O)C1O)c1cnc[nH]1. The lowest BCUT2D eigenvalue weighted by molar-refractivity contribution is -0.372. The predicted octanol–water partition coefficient (Wildman–Crippen LogP) is -7.78. The summed E-state index contributed by atoms with van der Waals surface area (Å²) in [6.45, 7) is 2.63. The molecule has 19 unspecified atom stereocenters. The van der Waals surface area contributed by atoms with E-state index >= 15 is 4.79 Å². The normalized spacial score (nSPS) is 23.8. The fourth-order valence-corrected chi connectivity index (χ4v) is 14.7. The number of nitrogens with zero attached hydrogens (tertiary/aromatic N) is 5. The van der Waals surface area contributed by atoms with Crippen LogP contribution in [0.25, 0.3) is 10.7 Å². The Bertz CT molecular complexity index is 3620. The van der Waals surface area contributed by atoms with Gasteiger partial charge in [0.2, 0.25) is 29.5 Å². The van der Waals surface area contributed by atoms with Gasteiger partial charge in [0.05, 0.1) is 72.7 Å². The van der Waals surface area contributed by atoms with Gasteiger partial charge in [-0.15, -0.1) is 33.0 Å². The number of carbonyl (C=O) groups is 8. The molecule has 101 heavy (non-hydrogen) atoms. The zero-order valence-electron chi connectivity index (χ0n) is 55.0. The van der Waals surface area contributed by atoms with Crippen LogP contribution < -0.4 is 60.6 Å². The Balaban J connectivity index is 1.23. The van der Waals surface area contributed by atoms with E-state index in [1.807, 2.05) is 0 Å². The molecule has 0 aromatic carbocycles. The molecule has 0 radical (unpaired) electrons. The summed E-state index contributed by atoms with van der Waals surface area (Å²) in [5, 5.41) is 108. The number of aromatic nitrogens is 6. The van der Waals surface area contributed by atoms with E-state index in [2.05, 4.69) is 61.8 Å². The van der Waals surface area contributed by atoms with Crippen molar-refractivity contribution in [3.63, 3.8) is 0 Å². The quantitative estimate of drug-likeness (QED) is 0.0147. The Morgan fingerprint density at radius 1 is 0.782 bits per heavy atom. The molecule has 2 aliphatic heterocycles. The third-order valence-corrected chi connectivity index (χ3v) is 20.8. The minimum Gasteiger partial charge on any atom is -0.441 e. The maximum Gasteiger partial charge on any atom is 0.406 e. The maximum atomic E-state index is 15.2. The van der Waals surface area contributed by atoms with Gasteiger partial charge in [0.25, 0.3) is 11.8 Å². The summed E-state index contributed by atoms with van der Waals surface area (Å²) >= 11 is 2.35. The molecule has 6 heterocycles. The lowest BCUT2D eigenvalue weighted by atomic mass is 9.96. The molecule has 8 amide bonds. The fourth-order valence-electron chi connectivity index (χ4n) is 10.1. The van der Waals surface area contributed by atoms with Gasteiger partial charge in [-0.3, -0.25) is 38.1 Å². The van der Waals surface area contributed by atoms with Crippen molar-refractivity contribution in [3.8, 4) is 10.7 Å². The van der Waals surface area contributed by atoms with Crippen molar-refractivity contribution in [1.29, 1.82) is 0 Å². The number of ether oxygens (including phenoxy) is 5. The van der Waals surface area contributed by atoms with Crippen LogP contribution in [0.4, 0.5) is 10.6 Å². The van der Waals surface area contributed by atoms with Gasteiger partial charge < -0.3 is 130 Å². The number of amides is 8. The maximum absolute atomic E-state index is 15.2. The number of imidazole rings is 1. The number of primary amides is 3. The van der Waals surface area contributed by atoms with Crippen LogP contribution in [0.15, 0.2) is 23.3 Å². The van der Waals surface area contributed by atoms with Crippen molar-refractivity contribution in [2.45, 2.75) is 157 Å². The van der Waals surface area contributed by atoms with Crippen molar-refractivity contribution >= 4 is 96.6 Å². The lowest BCUT2D eigenvalue weighted by Gasteiger charge is -2.47. The third-order valence-electron chi connectivity index (χ3n) is 15.6. The van der Waals surface area contributed by atoms with Crippen LogP contribution >= 0.6 is 33.0 Å². The minimum atomic E-state index is -4.65. The smallest absolute Gasteiger partial charge is 0.406 e. The number of anilines is 1. The molecule has 26 N–H and O–H groups in total. The molecular weight excluding hydrogens is 1430 g/mol. The molecule has 0 aliphatic carbocycles. The summed E-state index contributed by atoms with van der Waals surface area (Å²) < 4.78 is 64.7. The van der Waals surface area contributed by atoms with Crippen LogP contribution in [0.3, 0.4) is 0 Å². The second-order valence-electron chi connectivity index (χ2n) is 23.8. The number of thiazole rings is 2. The summed E-state index contributed by atoms with van der Waals surface area (Å²) in [4.78, 5) is 131. The highest BCUT2D eigenvalue weighted by atomic mass is 32.3. The van der Waals surface area contributed by atoms with Gasteiger partial charge in [0, 0.05) is 54.6 Å². The molecule has 6 rings (SSSR count). The van der Waals surface area contributed by atoms with Crippen LogP contribution in [-0.2, 0) is 68.1 Å². The Kier molecular flexibility index (Phi) is 29.9. The number of nitrogen functional groups attached to an aromatic ring is 1. The van der Waals surface area contributed by atoms with E-state index < -0.39 is 209 Å². The largest absolute Gasteiger partial charge is 0.441 e. The number of H-pyrrole nitrogens is 1. The zero-order chi connectivity index (χ0) is 75.1. The molecule has 19 atom stereocenters. The summed E-state index contributed by atoms with van der Waals surface area (Å²) in [5.41, 5.74) is 27.7. The first-order valence-corrected chi connectivity index (χ1v) is 36.4. The molecule has 0 spiro atoms. The highest BCUT2D eigenvalue weighted by molar-refractivity contribution is 8.31. The van der Waals surface area contributed by atoms with Crippen LogP contribution in [0.2, 0.25) is 0 Å². The first-order valence-electron chi connectivity index (χ1n) is 30.7. The average molecular weight is 1510 g/mol. The molecule has 2 fully saturated rings. The highest BCUT2D eigenvalue weighted by Crippen LogP contribution is 2.43. The molecule has 0 bridgehead atoms.